The van der Waals surface area contributed by atoms with E-state index in [1.54, 1.807) is 0 Å². The molecule has 7 heteroatoms. The molecular weight excluding hydrogens is 365 g/mol. The second-order valence-corrected chi connectivity index (χ2v) is 5.66. The summed E-state index contributed by atoms with van der Waals surface area (Å²) in [6.45, 7) is 0.346. The van der Waals surface area contributed by atoms with Crippen LogP contribution in [0, 0.1) is 5.82 Å². The summed E-state index contributed by atoms with van der Waals surface area (Å²) in [4.78, 5) is 16.1. The van der Waals surface area contributed by atoms with Crippen LogP contribution in [0.5, 0.6) is 0 Å². The normalized spacial score (nSPS) is 10.5. The topological polar surface area (TPSA) is 68.0 Å². The van der Waals surface area contributed by atoms with Crippen molar-refractivity contribution in [3.63, 3.8) is 0 Å². The van der Waals surface area contributed by atoms with Gasteiger partial charge in [-0.25, -0.2) is 4.39 Å². The molecule has 0 atom stereocenters. The number of hydrogen-bond acceptors (Lipinski definition) is 4. The first-order valence-corrected chi connectivity index (χ1v) is 7.53. The van der Waals surface area contributed by atoms with Gasteiger partial charge in [-0.1, -0.05) is 33.2 Å². The number of aromatic nitrogens is 2. The Balaban J connectivity index is 1.67. The Hall–Kier alpha value is -2.54. The number of rotatable bonds is 4. The Morgan fingerprint density at radius 3 is 2.74 bits per heavy atom. The third-order valence-electron chi connectivity index (χ3n) is 3.06. The molecule has 0 radical (unpaired) electrons. The minimum Gasteiger partial charge on any atom is -0.345 e. The van der Waals surface area contributed by atoms with Gasteiger partial charge in [-0.2, -0.15) is 4.98 Å². The van der Waals surface area contributed by atoms with Crippen LogP contribution in [0.2, 0.25) is 0 Å². The Kier molecular flexibility index (Phi) is 4.47. The Labute approximate surface area is 139 Å². The third-order valence-corrected chi connectivity index (χ3v) is 3.56. The number of nitrogens with zero attached hydrogens (tertiary/aromatic N) is 2. The van der Waals surface area contributed by atoms with Gasteiger partial charge in [-0.05, 0) is 42.0 Å². The van der Waals surface area contributed by atoms with E-state index in [0.29, 0.717) is 12.1 Å². The molecule has 1 N–H and O–H groups in total. The number of nitrogens with one attached hydrogen (secondary N) is 1. The SMILES string of the molecule is O=C(NCc1cccc(Br)c1)c1noc(-c2ccc(F)cc2)n1. The van der Waals surface area contributed by atoms with E-state index in [4.69, 9.17) is 4.52 Å². The number of halogens is 2. The lowest BCUT2D eigenvalue weighted by Gasteiger charge is -2.02. The number of benzene rings is 2. The van der Waals surface area contributed by atoms with Crippen molar-refractivity contribution in [2.24, 2.45) is 0 Å². The summed E-state index contributed by atoms with van der Waals surface area (Å²) < 4.78 is 18.9. The van der Waals surface area contributed by atoms with Gasteiger partial charge in [0.15, 0.2) is 0 Å². The first-order chi connectivity index (χ1) is 11.1. The van der Waals surface area contributed by atoms with Gasteiger partial charge in [0.25, 0.3) is 17.6 Å². The van der Waals surface area contributed by atoms with Gasteiger partial charge in [0.05, 0.1) is 0 Å². The van der Waals surface area contributed by atoms with Crippen molar-refractivity contribution in [1.82, 2.24) is 15.5 Å². The van der Waals surface area contributed by atoms with E-state index < -0.39 is 5.91 Å². The van der Waals surface area contributed by atoms with Crippen molar-refractivity contribution in [2.45, 2.75) is 6.54 Å². The maximum atomic E-state index is 12.9. The van der Waals surface area contributed by atoms with Crippen molar-refractivity contribution in [2.75, 3.05) is 0 Å². The minimum atomic E-state index is -0.443. The summed E-state index contributed by atoms with van der Waals surface area (Å²) >= 11 is 3.37. The third kappa shape index (κ3) is 3.81. The smallest absolute Gasteiger partial charge is 0.292 e. The predicted octanol–water partition coefficient (Wildman–Crippen LogP) is 3.57. The van der Waals surface area contributed by atoms with Crippen LogP contribution in [-0.2, 0) is 6.54 Å². The van der Waals surface area contributed by atoms with E-state index in [-0.39, 0.29) is 17.5 Å². The van der Waals surface area contributed by atoms with Crippen molar-refractivity contribution >= 4 is 21.8 Å². The number of hydrogen-bond donors (Lipinski definition) is 1. The molecule has 0 aliphatic heterocycles. The first-order valence-electron chi connectivity index (χ1n) is 6.74. The fraction of sp³-hybridized carbons (Fsp3) is 0.0625. The van der Waals surface area contributed by atoms with Crippen LogP contribution in [0.15, 0.2) is 57.5 Å². The average molecular weight is 376 g/mol. The maximum absolute atomic E-state index is 12.9. The van der Waals surface area contributed by atoms with Crippen molar-refractivity contribution < 1.29 is 13.7 Å². The zero-order chi connectivity index (χ0) is 16.2. The largest absolute Gasteiger partial charge is 0.345 e. The van der Waals surface area contributed by atoms with Crippen LogP contribution in [0.1, 0.15) is 16.2 Å². The van der Waals surface area contributed by atoms with E-state index >= 15 is 0 Å². The van der Waals surface area contributed by atoms with Crippen molar-refractivity contribution in [3.05, 3.63) is 70.2 Å². The summed E-state index contributed by atoms with van der Waals surface area (Å²) in [6.07, 6.45) is 0. The summed E-state index contributed by atoms with van der Waals surface area (Å²) in [5.74, 6) is -0.709. The molecule has 5 nitrogen and oxygen atoms in total. The molecule has 116 valence electrons. The van der Waals surface area contributed by atoms with E-state index in [0.717, 1.165) is 10.0 Å². The number of amides is 1. The molecule has 0 unspecified atom stereocenters. The van der Waals surface area contributed by atoms with E-state index in [9.17, 15) is 9.18 Å². The highest BCUT2D eigenvalue weighted by Crippen LogP contribution is 2.17. The molecule has 23 heavy (non-hydrogen) atoms. The van der Waals surface area contributed by atoms with Gasteiger partial charge in [0.1, 0.15) is 5.82 Å². The lowest BCUT2D eigenvalue weighted by atomic mass is 10.2. The number of carbonyl (C=O) groups is 1. The van der Waals surface area contributed by atoms with Crippen molar-refractivity contribution in [1.29, 1.82) is 0 Å². The molecule has 0 aliphatic rings. The van der Waals surface area contributed by atoms with Gasteiger partial charge >= 0.3 is 0 Å². The van der Waals surface area contributed by atoms with Crippen LogP contribution in [0.25, 0.3) is 11.5 Å². The molecule has 0 bridgehead atoms. The van der Waals surface area contributed by atoms with E-state index in [1.807, 2.05) is 24.3 Å². The zero-order valence-corrected chi connectivity index (χ0v) is 13.4. The second-order valence-electron chi connectivity index (χ2n) is 4.74. The van der Waals surface area contributed by atoms with Crippen LogP contribution >= 0.6 is 15.9 Å². The number of carbonyl (C=O) groups excluding carboxylic acids is 1. The minimum absolute atomic E-state index is 0.0701. The zero-order valence-electron chi connectivity index (χ0n) is 11.8. The highest BCUT2D eigenvalue weighted by Gasteiger charge is 2.15. The Morgan fingerprint density at radius 1 is 1.22 bits per heavy atom. The molecule has 0 saturated heterocycles. The van der Waals surface area contributed by atoms with Gasteiger partial charge in [0, 0.05) is 16.6 Å². The lowest BCUT2D eigenvalue weighted by molar-refractivity contribution is 0.0937. The van der Waals surface area contributed by atoms with Crippen LogP contribution in [-0.4, -0.2) is 16.0 Å². The molecule has 3 aromatic rings. The fourth-order valence-corrected chi connectivity index (χ4v) is 2.38. The Morgan fingerprint density at radius 2 is 2.00 bits per heavy atom. The second kappa shape index (κ2) is 6.70. The fourth-order valence-electron chi connectivity index (χ4n) is 1.93. The molecule has 1 amide bonds. The standard InChI is InChI=1S/C16H11BrFN3O2/c17-12-3-1-2-10(8-12)9-19-15(22)14-20-16(23-21-14)11-4-6-13(18)7-5-11/h1-8H,9H2,(H,19,22). The highest BCUT2D eigenvalue weighted by atomic mass is 79.9. The predicted molar refractivity (Wildman–Crippen MR) is 85.0 cm³/mol. The van der Waals surface area contributed by atoms with E-state index in [1.165, 1.54) is 24.3 Å². The van der Waals surface area contributed by atoms with Crippen LogP contribution < -0.4 is 5.32 Å². The van der Waals surface area contributed by atoms with Gasteiger partial charge in [0.2, 0.25) is 0 Å². The molecule has 2 aromatic carbocycles. The summed E-state index contributed by atoms with van der Waals surface area (Å²) in [7, 11) is 0. The molecule has 1 aromatic heterocycles. The molecular formula is C16H11BrFN3O2. The lowest BCUT2D eigenvalue weighted by Crippen LogP contribution is -2.23. The molecule has 0 saturated carbocycles. The van der Waals surface area contributed by atoms with Crippen LogP contribution in [0.3, 0.4) is 0 Å². The summed E-state index contributed by atoms with van der Waals surface area (Å²) in [5.41, 5.74) is 1.49. The summed E-state index contributed by atoms with van der Waals surface area (Å²) in [5, 5.41) is 6.36. The first kappa shape index (κ1) is 15.4. The van der Waals surface area contributed by atoms with Gasteiger partial charge in [-0.3, -0.25) is 4.79 Å². The average Bonchev–Trinajstić information content (AvgIpc) is 3.03. The molecule has 0 fully saturated rings. The molecule has 3 rings (SSSR count). The van der Waals surface area contributed by atoms with Gasteiger partial charge in [-0.15, -0.1) is 0 Å². The monoisotopic (exact) mass is 375 g/mol. The van der Waals surface area contributed by atoms with Crippen LogP contribution in [0.4, 0.5) is 4.39 Å². The maximum Gasteiger partial charge on any atom is 0.292 e. The quantitative estimate of drug-likeness (QED) is 0.756. The summed E-state index contributed by atoms with van der Waals surface area (Å²) in [6, 6.07) is 13.2. The Bertz CT molecular complexity index is 833. The highest BCUT2D eigenvalue weighted by molar-refractivity contribution is 9.10. The molecule has 0 aliphatic carbocycles. The molecule has 1 heterocycles. The van der Waals surface area contributed by atoms with Gasteiger partial charge < -0.3 is 9.84 Å². The van der Waals surface area contributed by atoms with E-state index in [2.05, 4.69) is 31.4 Å². The molecule has 0 spiro atoms. The van der Waals surface area contributed by atoms with Crippen molar-refractivity contribution in [3.8, 4) is 11.5 Å².